The minimum absolute atomic E-state index is 0.0872. The number of nitrogens with zero attached hydrogens (tertiary/aromatic N) is 2. The molecule has 110 valence electrons. The summed E-state index contributed by atoms with van der Waals surface area (Å²) in [7, 11) is 0. The van der Waals surface area contributed by atoms with Crippen LogP contribution in [0.15, 0.2) is 36.5 Å². The van der Waals surface area contributed by atoms with E-state index in [1.165, 1.54) is 5.56 Å². The van der Waals surface area contributed by atoms with Crippen molar-refractivity contribution in [3.63, 3.8) is 0 Å². The van der Waals surface area contributed by atoms with Crippen molar-refractivity contribution in [2.24, 2.45) is 5.92 Å². The molecule has 1 aliphatic rings. The fourth-order valence-corrected chi connectivity index (χ4v) is 2.90. The van der Waals surface area contributed by atoms with E-state index in [4.69, 9.17) is 11.6 Å². The van der Waals surface area contributed by atoms with E-state index in [9.17, 15) is 4.79 Å². The van der Waals surface area contributed by atoms with Crippen LogP contribution in [-0.4, -0.2) is 15.7 Å². The number of amides is 1. The van der Waals surface area contributed by atoms with Gasteiger partial charge in [-0.3, -0.25) is 9.48 Å². The summed E-state index contributed by atoms with van der Waals surface area (Å²) in [5.74, 6) is 0.547. The van der Waals surface area contributed by atoms with Gasteiger partial charge in [-0.25, -0.2) is 0 Å². The summed E-state index contributed by atoms with van der Waals surface area (Å²) >= 11 is 6.09. The standard InChI is InChI=1S/C16H18ClN3O/c1-2-20-15(14(17)9-19-20)10-18-16(21)13-8-12(13)11-6-4-3-5-7-11/h3-7,9,12-13H,2,8,10H2,1H3,(H,18,21). The van der Waals surface area contributed by atoms with Crippen LogP contribution in [0.25, 0.3) is 0 Å². The summed E-state index contributed by atoms with van der Waals surface area (Å²) in [4.78, 5) is 12.2. The molecule has 1 saturated carbocycles. The second kappa shape index (κ2) is 5.90. The molecule has 1 aromatic heterocycles. The molecule has 1 aromatic carbocycles. The molecule has 0 spiro atoms. The van der Waals surface area contributed by atoms with Crippen LogP contribution >= 0.6 is 11.6 Å². The number of hydrogen-bond donors (Lipinski definition) is 1. The molecule has 5 heteroatoms. The van der Waals surface area contributed by atoms with E-state index in [0.717, 1.165) is 18.7 Å². The zero-order valence-electron chi connectivity index (χ0n) is 11.9. The van der Waals surface area contributed by atoms with Crippen molar-refractivity contribution in [1.82, 2.24) is 15.1 Å². The Morgan fingerprint density at radius 2 is 2.19 bits per heavy atom. The number of hydrogen-bond acceptors (Lipinski definition) is 2. The van der Waals surface area contributed by atoms with Crippen molar-refractivity contribution in [3.05, 3.63) is 52.8 Å². The van der Waals surface area contributed by atoms with Crippen molar-refractivity contribution in [1.29, 1.82) is 0 Å². The molecule has 3 rings (SSSR count). The van der Waals surface area contributed by atoms with E-state index < -0.39 is 0 Å². The van der Waals surface area contributed by atoms with Crippen LogP contribution in [0.3, 0.4) is 0 Å². The molecule has 0 radical (unpaired) electrons. The van der Waals surface area contributed by atoms with Crippen molar-refractivity contribution in [3.8, 4) is 0 Å². The molecule has 0 bridgehead atoms. The lowest BCUT2D eigenvalue weighted by Crippen LogP contribution is -2.26. The number of carbonyl (C=O) groups is 1. The number of halogens is 1. The van der Waals surface area contributed by atoms with E-state index in [0.29, 0.717) is 17.5 Å². The van der Waals surface area contributed by atoms with Gasteiger partial charge in [-0.2, -0.15) is 5.10 Å². The van der Waals surface area contributed by atoms with Gasteiger partial charge in [-0.1, -0.05) is 41.9 Å². The zero-order chi connectivity index (χ0) is 14.8. The third-order valence-electron chi connectivity index (χ3n) is 3.98. The highest BCUT2D eigenvalue weighted by Gasteiger charge is 2.43. The van der Waals surface area contributed by atoms with Gasteiger partial charge < -0.3 is 5.32 Å². The van der Waals surface area contributed by atoms with Gasteiger partial charge in [0.05, 0.1) is 23.5 Å². The van der Waals surface area contributed by atoms with Crippen molar-refractivity contribution < 1.29 is 4.79 Å². The van der Waals surface area contributed by atoms with Crippen LogP contribution in [-0.2, 0) is 17.9 Å². The van der Waals surface area contributed by atoms with E-state index in [1.54, 1.807) is 6.20 Å². The number of aryl methyl sites for hydroxylation is 1. The predicted octanol–water partition coefficient (Wildman–Crippen LogP) is 2.98. The van der Waals surface area contributed by atoms with E-state index >= 15 is 0 Å². The Labute approximate surface area is 129 Å². The lowest BCUT2D eigenvalue weighted by molar-refractivity contribution is -0.122. The Balaban J connectivity index is 1.58. The fourth-order valence-electron chi connectivity index (χ4n) is 2.69. The molecule has 0 aliphatic heterocycles. The normalized spacial score (nSPS) is 20.3. The quantitative estimate of drug-likeness (QED) is 0.923. The SMILES string of the molecule is CCn1ncc(Cl)c1CNC(=O)C1CC1c1ccccc1. The Morgan fingerprint density at radius 1 is 1.43 bits per heavy atom. The molecule has 1 aliphatic carbocycles. The summed E-state index contributed by atoms with van der Waals surface area (Å²) in [5.41, 5.74) is 2.11. The second-order valence-corrected chi connectivity index (χ2v) is 5.74. The van der Waals surface area contributed by atoms with Crippen LogP contribution in [0.1, 0.15) is 30.5 Å². The van der Waals surface area contributed by atoms with Crippen molar-refractivity contribution in [2.45, 2.75) is 32.4 Å². The molecular formula is C16H18ClN3O. The van der Waals surface area contributed by atoms with E-state index in [2.05, 4.69) is 22.5 Å². The van der Waals surface area contributed by atoms with Crippen LogP contribution in [0.4, 0.5) is 0 Å². The Kier molecular flexibility index (Phi) is 3.97. The lowest BCUT2D eigenvalue weighted by Gasteiger charge is -2.08. The molecule has 21 heavy (non-hydrogen) atoms. The predicted molar refractivity (Wildman–Crippen MR) is 82.0 cm³/mol. The summed E-state index contributed by atoms with van der Waals surface area (Å²) in [6.45, 7) is 3.18. The molecule has 1 N–H and O–H groups in total. The van der Waals surface area contributed by atoms with Crippen LogP contribution in [0.5, 0.6) is 0 Å². The molecule has 1 amide bonds. The molecular weight excluding hydrogens is 286 g/mol. The molecule has 2 aromatic rings. The average Bonchev–Trinajstić information content (AvgIpc) is 3.24. The third-order valence-corrected chi connectivity index (χ3v) is 4.30. The maximum Gasteiger partial charge on any atom is 0.224 e. The van der Waals surface area contributed by atoms with E-state index in [1.807, 2.05) is 29.8 Å². The maximum absolute atomic E-state index is 12.2. The first kappa shape index (κ1) is 14.1. The molecule has 2 atom stereocenters. The maximum atomic E-state index is 12.2. The number of aromatic nitrogens is 2. The average molecular weight is 304 g/mol. The molecule has 4 nitrogen and oxygen atoms in total. The van der Waals surface area contributed by atoms with Gasteiger partial charge in [0.1, 0.15) is 0 Å². The van der Waals surface area contributed by atoms with Gasteiger partial charge in [0.2, 0.25) is 5.91 Å². The Hall–Kier alpha value is -1.81. The smallest absolute Gasteiger partial charge is 0.224 e. The lowest BCUT2D eigenvalue weighted by atomic mass is 10.1. The largest absolute Gasteiger partial charge is 0.350 e. The monoisotopic (exact) mass is 303 g/mol. The first-order chi connectivity index (χ1) is 10.2. The first-order valence-corrected chi connectivity index (χ1v) is 7.61. The topological polar surface area (TPSA) is 46.9 Å². The molecule has 1 heterocycles. The molecule has 2 unspecified atom stereocenters. The first-order valence-electron chi connectivity index (χ1n) is 7.23. The van der Waals surface area contributed by atoms with Crippen molar-refractivity contribution in [2.75, 3.05) is 0 Å². The summed E-state index contributed by atoms with van der Waals surface area (Å²) < 4.78 is 1.81. The number of benzene rings is 1. The number of carbonyl (C=O) groups excluding carboxylic acids is 1. The zero-order valence-corrected chi connectivity index (χ0v) is 12.7. The number of nitrogens with one attached hydrogen (secondary N) is 1. The minimum atomic E-state index is 0.0872. The highest BCUT2D eigenvalue weighted by Crippen LogP contribution is 2.47. The van der Waals surface area contributed by atoms with Gasteiger partial charge in [0, 0.05) is 12.5 Å². The van der Waals surface area contributed by atoms with Gasteiger partial charge in [0.25, 0.3) is 0 Å². The molecule has 0 saturated heterocycles. The minimum Gasteiger partial charge on any atom is -0.350 e. The van der Waals surface area contributed by atoms with Gasteiger partial charge in [0.15, 0.2) is 0 Å². The van der Waals surface area contributed by atoms with Crippen LogP contribution in [0.2, 0.25) is 5.02 Å². The highest BCUT2D eigenvalue weighted by atomic mass is 35.5. The molecule has 1 fully saturated rings. The van der Waals surface area contributed by atoms with Crippen molar-refractivity contribution >= 4 is 17.5 Å². The fraction of sp³-hybridized carbons (Fsp3) is 0.375. The van der Waals surface area contributed by atoms with Crippen LogP contribution < -0.4 is 5.32 Å². The Bertz CT molecular complexity index is 638. The highest BCUT2D eigenvalue weighted by molar-refractivity contribution is 6.31. The third kappa shape index (κ3) is 2.95. The summed E-state index contributed by atoms with van der Waals surface area (Å²) in [5, 5.41) is 7.75. The Morgan fingerprint density at radius 3 is 2.90 bits per heavy atom. The van der Waals surface area contributed by atoms with Gasteiger partial charge in [-0.15, -0.1) is 0 Å². The number of rotatable bonds is 5. The summed E-state index contributed by atoms with van der Waals surface area (Å²) in [6, 6.07) is 10.2. The summed E-state index contributed by atoms with van der Waals surface area (Å²) in [6.07, 6.45) is 2.55. The van der Waals surface area contributed by atoms with Gasteiger partial charge >= 0.3 is 0 Å². The van der Waals surface area contributed by atoms with E-state index in [-0.39, 0.29) is 11.8 Å². The van der Waals surface area contributed by atoms with Gasteiger partial charge in [-0.05, 0) is 24.8 Å². The second-order valence-electron chi connectivity index (χ2n) is 5.33. The van der Waals surface area contributed by atoms with Crippen LogP contribution in [0, 0.1) is 5.92 Å².